The van der Waals surface area contributed by atoms with Crippen LogP contribution in [0.3, 0.4) is 0 Å². The largest absolute Gasteiger partial charge is 0.449 e. The van der Waals surface area contributed by atoms with Crippen molar-refractivity contribution in [3.8, 4) is 0 Å². The van der Waals surface area contributed by atoms with E-state index < -0.39 is 6.09 Å². The SMILES string of the molecule is CC1(C)COC(=O)N[C@@H]1c1ccc(Cl)cc1Cl.Cl. The van der Waals surface area contributed by atoms with Crippen molar-refractivity contribution in [2.45, 2.75) is 19.9 Å². The lowest BCUT2D eigenvalue weighted by molar-refractivity contribution is 0.0388. The van der Waals surface area contributed by atoms with Gasteiger partial charge in [0.2, 0.25) is 0 Å². The van der Waals surface area contributed by atoms with Crippen molar-refractivity contribution in [1.29, 1.82) is 0 Å². The average Bonchev–Trinajstić information content (AvgIpc) is 2.23. The summed E-state index contributed by atoms with van der Waals surface area (Å²) in [5.41, 5.74) is 0.642. The van der Waals surface area contributed by atoms with E-state index in [0.717, 1.165) is 5.56 Å². The maximum Gasteiger partial charge on any atom is 0.407 e. The zero-order valence-electron chi connectivity index (χ0n) is 10.00. The van der Waals surface area contributed by atoms with Crippen molar-refractivity contribution in [3.05, 3.63) is 33.8 Å². The number of carbonyl (C=O) groups excluding carboxylic acids is 1. The van der Waals surface area contributed by atoms with Crippen molar-refractivity contribution in [3.63, 3.8) is 0 Å². The second-order valence-corrected chi connectivity index (χ2v) is 5.65. The minimum atomic E-state index is -0.416. The first-order chi connectivity index (χ1) is 7.90. The highest BCUT2D eigenvalue weighted by Crippen LogP contribution is 2.39. The smallest absolute Gasteiger partial charge is 0.407 e. The number of cyclic esters (lactones) is 1. The molecule has 0 aromatic heterocycles. The maximum atomic E-state index is 11.3. The molecule has 0 aliphatic carbocycles. The fourth-order valence-electron chi connectivity index (χ4n) is 1.92. The van der Waals surface area contributed by atoms with Crippen LogP contribution in [-0.2, 0) is 4.74 Å². The van der Waals surface area contributed by atoms with Gasteiger partial charge < -0.3 is 10.1 Å². The molecule has 0 radical (unpaired) electrons. The van der Waals surface area contributed by atoms with Crippen molar-refractivity contribution in [2.24, 2.45) is 5.41 Å². The van der Waals surface area contributed by atoms with E-state index in [9.17, 15) is 4.79 Å². The molecule has 1 aliphatic rings. The first kappa shape index (κ1) is 15.4. The van der Waals surface area contributed by atoms with Gasteiger partial charge in [0, 0.05) is 15.5 Å². The van der Waals surface area contributed by atoms with Crippen LogP contribution in [0.1, 0.15) is 25.5 Å². The predicted molar refractivity (Wildman–Crippen MR) is 74.7 cm³/mol. The predicted octanol–water partition coefficient (Wildman–Crippen LogP) is 4.22. The average molecular weight is 311 g/mol. The third kappa shape index (κ3) is 3.02. The highest BCUT2D eigenvalue weighted by atomic mass is 35.5. The van der Waals surface area contributed by atoms with Crippen molar-refractivity contribution in [2.75, 3.05) is 6.61 Å². The molecule has 1 aromatic carbocycles. The Bertz CT molecular complexity index is 463. The standard InChI is InChI=1S/C12H13Cl2NO2.ClH/c1-12(2)6-17-11(16)15-10(12)8-4-3-7(13)5-9(8)14;/h3-5,10H,6H2,1-2H3,(H,15,16);1H/t10-;/m1./s1. The van der Waals surface area contributed by atoms with E-state index in [-0.39, 0.29) is 23.9 Å². The van der Waals surface area contributed by atoms with Gasteiger partial charge in [0.25, 0.3) is 0 Å². The number of benzene rings is 1. The number of alkyl carbamates (subject to hydrolysis) is 1. The number of carbonyl (C=O) groups is 1. The second kappa shape index (κ2) is 5.55. The molecule has 1 fully saturated rings. The van der Waals surface area contributed by atoms with Gasteiger partial charge in [-0.15, -0.1) is 12.4 Å². The number of hydrogen-bond acceptors (Lipinski definition) is 2. The highest BCUT2D eigenvalue weighted by molar-refractivity contribution is 6.35. The van der Waals surface area contributed by atoms with Crippen molar-refractivity contribution < 1.29 is 9.53 Å². The second-order valence-electron chi connectivity index (χ2n) is 4.81. The van der Waals surface area contributed by atoms with Crippen molar-refractivity contribution in [1.82, 2.24) is 5.32 Å². The van der Waals surface area contributed by atoms with Crippen LogP contribution in [0, 0.1) is 5.41 Å². The molecule has 1 atom stereocenters. The molecule has 0 saturated carbocycles. The molecular weight excluding hydrogens is 296 g/mol. The van der Waals surface area contributed by atoms with Crippen LogP contribution in [-0.4, -0.2) is 12.7 Å². The van der Waals surface area contributed by atoms with Crippen LogP contribution in [0.5, 0.6) is 0 Å². The van der Waals surface area contributed by atoms with Gasteiger partial charge in [-0.05, 0) is 17.7 Å². The maximum absolute atomic E-state index is 11.3. The first-order valence-corrected chi connectivity index (χ1v) is 6.04. The van der Waals surface area contributed by atoms with Gasteiger partial charge in [0.15, 0.2) is 0 Å². The fraction of sp³-hybridized carbons (Fsp3) is 0.417. The summed E-state index contributed by atoms with van der Waals surface area (Å²) >= 11 is 12.0. The molecule has 1 aliphatic heterocycles. The summed E-state index contributed by atoms with van der Waals surface area (Å²) in [5.74, 6) is 0. The van der Waals surface area contributed by atoms with E-state index in [2.05, 4.69) is 5.32 Å². The molecule has 1 aromatic rings. The van der Waals surface area contributed by atoms with E-state index in [4.69, 9.17) is 27.9 Å². The Morgan fingerprint density at radius 2 is 2.06 bits per heavy atom. The van der Waals surface area contributed by atoms with Crippen LogP contribution in [0.4, 0.5) is 4.79 Å². The van der Waals surface area contributed by atoms with Gasteiger partial charge >= 0.3 is 6.09 Å². The van der Waals surface area contributed by atoms with E-state index in [1.807, 2.05) is 19.9 Å². The van der Waals surface area contributed by atoms with Crippen LogP contribution in [0.15, 0.2) is 18.2 Å². The molecule has 100 valence electrons. The minimum Gasteiger partial charge on any atom is -0.449 e. The molecule has 0 spiro atoms. The molecular formula is C12H14Cl3NO2. The third-order valence-electron chi connectivity index (χ3n) is 2.89. The molecule has 1 saturated heterocycles. The van der Waals surface area contributed by atoms with Crippen LogP contribution in [0.25, 0.3) is 0 Å². The molecule has 1 N–H and O–H groups in total. The summed E-state index contributed by atoms with van der Waals surface area (Å²) in [5, 5.41) is 3.93. The lowest BCUT2D eigenvalue weighted by atomic mass is 9.80. The van der Waals surface area contributed by atoms with Gasteiger partial charge in [0.1, 0.15) is 6.61 Å². The zero-order valence-corrected chi connectivity index (χ0v) is 12.3. The Morgan fingerprint density at radius 1 is 1.39 bits per heavy atom. The van der Waals surface area contributed by atoms with Crippen molar-refractivity contribution >= 4 is 41.7 Å². The quantitative estimate of drug-likeness (QED) is 0.843. The van der Waals surface area contributed by atoms with Gasteiger partial charge in [-0.1, -0.05) is 43.1 Å². The normalized spacial score (nSPS) is 21.6. The molecule has 0 bridgehead atoms. The summed E-state index contributed by atoms with van der Waals surface area (Å²) in [4.78, 5) is 11.3. The summed E-state index contributed by atoms with van der Waals surface area (Å²) in [6.07, 6.45) is -0.416. The molecule has 0 unspecified atom stereocenters. The molecule has 18 heavy (non-hydrogen) atoms. The molecule has 3 nitrogen and oxygen atoms in total. The van der Waals surface area contributed by atoms with Crippen LogP contribution >= 0.6 is 35.6 Å². The Kier molecular flexibility index (Phi) is 4.76. The third-order valence-corrected chi connectivity index (χ3v) is 3.45. The van der Waals surface area contributed by atoms with E-state index in [1.165, 1.54) is 0 Å². The highest BCUT2D eigenvalue weighted by Gasteiger charge is 2.38. The summed E-state index contributed by atoms with van der Waals surface area (Å²) in [7, 11) is 0. The summed E-state index contributed by atoms with van der Waals surface area (Å²) in [6, 6.07) is 5.10. The van der Waals surface area contributed by atoms with Gasteiger partial charge in [-0.2, -0.15) is 0 Å². The topological polar surface area (TPSA) is 38.3 Å². The summed E-state index contributed by atoms with van der Waals surface area (Å²) in [6.45, 7) is 4.40. The van der Waals surface area contributed by atoms with Gasteiger partial charge in [-0.3, -0.25) is 0 Å². The minimum absolute atomic E-state index is 0. The number of halogens is 3. The molecule has 1 amide bonds. The number of amides is 1. The number of ether oxygens (including phenoxy) is 1. The Hall–Kier alpha value is -0.640. The van der Waals surface area contributed by atoms with E-state index in [1.54, 1.807) is 12.1 Å². The first-order valence-electron chi connectivity index (χ1n) is 5.28. The number of nitrogens with one attached hydrogen (secondary N) is 1. The van der Waals surface area contributed by atoms with Gasteiger partial charge in [0.05, 0.1) is 6.04 Å². The number of hydrogen-bond donors (Lipinski definition) is 1. The Morgan fingerprint density at radius 3 is 2.67 bits per heavy atom. The van der Waals surface area contributed by atoms with E-state index in [0.29, 0.717) is 16.7 Å². The fourth-order valence-corrected chi connectivity index (χ4v) is 2.44. The Labute approximate surface area is 122 Å². The summed E-state index contributed by atoms with van der Waals surface area (Å²) < 4.78 is 4.99. The Balaban J connectivity index is 0.00000162. The van der Waals surface area contributed by atoms with Gasteiger partial charge in [-0.25, -0.2) is 4.79 Å². The molecule has 6 heteroatoms. The lowest BCUT2D eigenvalue weighted by Crippen LogP contribution is -2.47. The van der Waals surface area contributed by atoms with Crippen LogP contribution in [0.2, 0.25) is 10.0 Å². The molecule has 1 heterocycles. The number of rotatable bonds is 1. The van der Waals surface area contributed by atoms with E-state index >= 15 is 0 Å². The monoisotopic (exact) mass is 309 g/mol. The lowest BCUT2D eigenvalue weighted by Gasteiger charge is -2.38. The van der Waals surface area contributed by atoms with Crippen LogP contribution < -0.4 is 5.32 Å². The molecule has 2 rings (SSSR count). The zero-order chi connectivity index (χ0) is 12.6.